The zero-order chi connectivity index (χ0) is 17.4. The average Bonchev–Trinajstić information content (AvgIpc) is 2.54. The lowest BCUT2D eigenvalue weighted by atomic mass is 9.97. The Bertz CT molecular complexity index is 419. The number of carbonyl (C=O) groups is 3. The smallest absolute Gasteiger partial charge is 0.306 e. The molecule has 1 saturated heterocycles. The minimum absolute atomic E-state index is 0.00194. The number of carbonyl (C=O) groups excluding carboxylic acids is 2. The molecule has 1 aliphatic heterocycles. The van der Waals surface area contributed by atoms with E-state index in [9.17, 15) is 14.4 Å². The first kappa shape index (κ1) is 19.4. The lowest BCUT2D eigenvalue weighted by Gasteiger charge is -2.31. The molecule has 1 rings (SSSR count). The fourth-order valence-electron chi connectivity index (χ4n) is 2.54. The molecule has 1 fully saturated rings. The predicted molar refractivity (Wildman–Crippen MR) is 84.9 cm³/mol. The molecule has 0 saturated carbocycles. The van der Waals surface area contributed by atoms with Gasteiger partial charge in [-0.15, -0.1) is 0 Å². The molecule has 23 heavy (non-hydrogen) atoms. The highest BCUT2D eigenvalue weighted by Gasteiger charge is 2.28. The van der Waals surface area contributed by atoms with Gasteiger partial charge in [-0.3, -0.25) is 14.4 Å². The number of rotatable bonds is 8. The second kappa shape index (κ2) is 9.50. The molecule has 0 aliphatic carbocycles. The molecule has 7 nitrogen and oxygen atoms in total. The van der Waals surface area contributed by atoms with Crippen molar-refractivity contribution >= 4 is 17.8 Å². The summed E-state index contributed by atoms with van der Waals surface area (Å²) in [6, 6.07) is 0. The average molecular weight is 328 g/mol. The number of piperidine rings is 1. The topological polar surface area (TPSA) is 87.2 Å². The number of hydrogen-bond donors (Lipinski definition) is 1. The minimum atomic E-state index is -0.803. The van der Waals surface area contributed by atoms with Crippen molar-refractivity contribution < 1.29 is 24.2 Å². The maximum atomic E-state index is 12.2. The van der Waals surface area contributed by atoms with Gasteiger partial charge in [-0.25, -0.2) is 0 Å². The monoisotopic (exact) mass is 328 g/mol. The van der Waals surface area contributed by atoms with Gasteiger partial charge in [-0.05, 0) is 26.2 Å². The van der Waals surface area contributed by atoms with E-state index in [0.29, 0.717) is 32.5 Å². The molecule has 1 heterocycles. The number of likely N-dealkylation sites (N-methyl/N-ethyl adjacent to an activating group) is 1. The molecule has 7 heteroatoms. The lowest BCUT2D eigenvalue weighted by molar-refractivity contribution is -0.148. The van der Waals surface area contributed by atoms with Crippen LogP contribution in [0.15, 0.2) is 0 Å². The molecule has 132 valence electrons. The van der Waals surface area contributed by atoms with Gasteiger partial charge in [0, 0.05) is 26.7 Å². The zero-order valence-corrected chi connectivity index (χ0v) is 14.3. The first-order valence-corrected chi connectivity index (χ1v) is 8.24. The summed E-state index contributed by atoms with van der Waals surface area (Å²) in [6.45, 7) is 5.14. The fourth-order valence-corrected chi connectivity index (χ4v) is 2.54. The van der Waals surface area contributed by atoms with Crippen LogP contribution in [0.2, 0.25) is 0 Å². The highest BCUT2D eigenvalue weighted by Crippen LogP contribution is 2.17. The molecule has 0 aromatic heterocycles. The van der Waals surface area contributed by atoms with Crippen molar-refractivity contribution in [3.63, 3.8) is 0 Å². The Labute approximate surface area is 137 Å². The van der Waals surface area contributed by atoms with Gasteiger partial charge < -0.3 is 19.6 Å². The Hall–Kier alpha value is -1.63. The number of aliphatic carboxylic acids is 1. The quantitative estimate of drug-likeness (QED) is 0.671. The van der Waals surface area contributed by atoms with Gasteiger partial charge in [0.1, 0.15) is 6.10 Å². The summed E-state index contributed by atoms with van der Waals surface area (Å²) < 4.78 is 5.45. The van der Waals surface area contributed by atoms with Crippen molar-refractivity contribution in [3.05, 3.63) is 0 Å². The molecular formula is C16H28N2O5. The normalized spacial score (nSPS) is 16.9. The van der Waals surface area contributed by atoms with Gasteiger partial charge >= 0.3 is 5.97 Å². The van der Waals surface area contributed by atoms with Crippen LogP contribution in [0.5, 0.6) is 0 Å². The van der Waals surface area contributed by atoms with Crippen molar-refractivity contribution in [2.45, 2.75) is 45.6 Å². The Morgan fingerprint density at radius 3 is 2.43 bits per heavy atom. The third-order valence-electron chi connectivity index (χ3n) is 4.16. The third-order valence-corrected chi connectivity index (χ3v) is 4.16. The molecule has 0 radical (unpaired) electrons. The molecule has 1 atom stereocenters. The van der Waals surface area contributed by atoms with Gasteiger partial charge in [0.15, 0.2) is 0 Å². The molecule has 0 aromatic carbocycles. The Morgan fingerprint density at radius 1 is 1.30 bits per heavy atom. The predicted octanol–water partition coefficient (Wildman–Crippen LogP) is 0.973. The van der Waals surface area contributed by atoms with Crippen LogP contribution in [-0.4, -0.2) is 72.1 Å². The van der Waals surface area contributed by atoms with Crippen LogP contribution < -0.4 is 0 Å². The van der Waals surface area contributed by atoms with Crippen LogP contribution in [0.1, 0.15) is 39.5 Å². The Morgan fingerprint density at radius 2 is 1.91 bits per heavy atom. The number of amides is 2. The summed E-state index contributed by atoms with van der Waals surface area (Å²) >= 11 is 0. The Kier molecular flexibility index (Phi) is 8.02. The summed E-state index contributed by atoms with van der Waals surface area (Å²) in [5.41, 5.74) is 0. The van der Waals surface area contributed by atoms with Gasteiger partial charge in [0.2, 0.25) is 5.91 Å². The standard InChI is InChI=1S/C16H28N2O5/c1-4-5-10-23-12(2)15(20)17(3)11-14(19)18-8-6-13(7-9-18)16(21)22/h12-13H,4-11H2,1-3H3,(H,21,22). The molecule has 1 N–H and O–H groups in total. The number of ether oxygens (including phenoxy) is 1. The largest absolute Gasteiger partial charge is 0.481 e. The van der Waals surface area contributed by atoms with Crippen molar-refractivity contribution in [2.24, 2.45) is 5.92 Å². The summed E-state index contributed by atoms with van der Waals surface area (Å²) in [5.74, 6) is -1.53. The van der Waals surface area contributed by atoms with E-state index >= 15 is 0 Å². The first-order valence-electron chi connectivity index (χ1n) is 8.24. The molecule has 0 bridgehead atoms. The second-order valence-corrected chi connectivity index (χ2v) is 6.05. The van der Waals surface area contributed by atoms with Crippen molar-refractivity contribution in [2.75, 3.05) is 33.3 Å². The van der Waals surface area contributed by atoms with Crippen molar-refractivity contribution in [1.29, 1.82) is 0 Å². The van der Waals surface area contributed by atoms with Gasteiger partial charge in [-0.1, -0.05) is 13.3 Å². The van der Waals surface area contributed by atoms with Crippen LogP contribution in [0.3, 0.4) is 0 Å². The molecular weight excluding hydrogens is 300 g/mol. The lowest BCUT2D eigenvalue weighted by Crippen LogP contribution is -2.47. The molecule has 1 aliphatic rings. The van der Waals surface area contributed by atoms with Gasteiger partial charge in [0.25, 0.3) is 5.91 Å². The fraction of sp³-hybridized carbons (Fsp3) is 0.812. The van der Waals surface area contributed by atoms with Gasteiger partial charge in [-0.2, -0.15) is 0 Å². The number of unbranched alkanes of at least 4 members (excludes halogenated alkanes) is 1. The molecule has 1 unspecified atom stereocenters. The van der Waals surface area contributed by atoms with E-state index in [-0.39, 0.29) is 24.3 Å². The van der Waals surface area contributed by atoms with Crippen molar-refractivity contribution in [1.82, 2.24) is 9.80 Å². The van der Waals surface area contributed by atoms with E-state index in [1.807, 2.05) is 6.92 Å². The molecule has 0 spiro atoms. The van der Waals surface area contributed by atoms with Crippen LogP contribution in [0.4, 0.5) is 0 Å². The number of hydrogen-bond acceptors (Lipinski definition) is 4. The van der Waals surface area contributed by atoms with Crippen LogP contribution in [0.25, 0.3) is 0 Å². The van der Waals surface area contributed by atoms with Crippen LogP contribution in [0, 0.1) is 5.92 Å². The SMILES string of the molecule is CCCCOC(C)C(=O)N(C)CC(=O)N1CCC(C(=O)O)CC1. The van der Waals surface area contributed by atoms with E-state index in [2.05, 4.69) is 0 Å². The van der Waals surface area contributed by atoms with E-state index in [1.54, 1.807) is 18.9 Å². The first-order chi connectivity index (χ1) is 10.9. The highest BCUT2D eigenvalue weighted by molar-refractivity contribution is 5.86. The Balaban J connectivity index is 2.38. The summed E-state index contributed by atoms with van der Waals surface area (Å²) in [6.07, 6.45) is 2.28. The molecule has 2 amide bonds. The number of carboxylic acids is 1. The second-order valence-electron chi connectivity index (χ2n) is 6.05. The van der Waals surface area contributed by atoms with E-state index in [1.165, 1.54) is 4.90 Å². The third kappa shape index (κ3) is 6.17. The van der Waals surface area contributed by atoms with Crippen molar-refractivity contribution in [3.8, 4) is 0 Å². The minimum Gasteiger partial charge on any atom is -0.481 e. The molecule has 0 aromatic rings. The summed E-state index contributed by atoms with van der Waals surface area (Å²) in [7, 11) is 1.59. The highest BCUT2D eigenvalue weighted by atomic mass is 16.5. The zero-order valence-electron chi connectivity index (χ0n) is 14.3. The number of carboxylic acid groups (broad SMARTS) is 1. The number of likely N-dealkylation sites (tertiary alicyclic amines) is 1. The van der Waals surface area contributed by atoms with Crippen LogP contribution in [-0.2, 0) is 19.1 Å². The summed E-state index contributed by atoms with van der Waals surface area (Å²) in [5, 5.41) is 8.96. The van der Waals surface area contributed by atoms with Crippen LogP contribution >= 0.6 is 0 Å². The van der Waals surface area contributed by atoms with Gasteiger partial charge in [0.05, 0.1) is 12.5 Å². The van der Waals surface area contributed by atoms with E-state index < -0.39 is 12.1 Å². The number of nitrogens with zero attached hydrogens (tertiary/aromatic N) is 2. The summed E-state index contributed by atoms with van der Waals surface area (Å²) in [4.78, 5) is 38.3. The van der Waals surface area contributed by atoms with E-state index in [0.717, 1.165) is 12.8 Å². The maximum absolute atomic E-state index is 12.2. The maximum Gasteiger partial charge on any atom is 0.306 e. The van der Waals surface area contributed by atoms with E-state index in [4.69, 9.17) is 9.84 Å².